The van der Waals surface area contributed by atoms with E-state index >= 15 is 4.39 Å². The van der Waals surface area contributed by atoms with Gasteiger partial charge in [0.15, 0.2) is 5.15 Å². The van der Waals surface area contributed by atoms with Crippen molar-refractivity contribution in [2.75, 3.05) is 51.3 Å². The first-order chi connectivity index (χ1) is 32.9. The third-order valence-electron chi connectivity index (χ3n) is 10.6. The van der Waals surface area contributed by atoms with Crippen molar-refractivity contribution in [2.45, 2.75) is 46.6 Å². The highest BCUT2D eigenvalue weighted by Crippen LogP contribution is 2.30. The van der Waals surface area contributed by atoms with Gasteiger partial charge in [-0.05, 0) is 59.5 Å². The zero-order valence-corrected chi connectivity index (χ0v) is 40.7. The van der Waals surface area contributed by atoms with E-state index in [0.717, 1.165) is 10.2 Å². The molecule has 7 rings (SSSR count). The van der Waals surface area contributed by atoms with E-state index in [4.69, 9.17) is 30.5 Å². The zero-order chi connectivity index (χ0) is 50.0. The maximum atomic E-state index is 15.3. The number of aromatic nitrogens is 8. The van der Waals surface area contributed by atoms with Crippen molar-refractivity contribution < 1.29 is 28.4 Å². The zero-order valence-electron chi connectivity index (χ0n) is 39.9. The van der Waals surface area contributed by atoms with Crippen LogP contribution < -0.4 is 36.8 Å². The lowest BCUT2D eigenvalue weighted by molar-refractivity contribution is 0.127. The molecule has 2 atom stereocenters. The number of anilines is 4. The summed E-state index contributed by atoms with van der Waals surface area (Å²) in [5, 5.41) is 29.6. The lowest BCUT2D eigenvalue weighted by Crippen LogP contribution is -2.24. The predicted octanol–water partition coefficient (Wildman–Crippen LogP) is 7.11. The number of nitrogens with zero attached hydrogens (tertiary/aromatic N) is 8. The minimum absolute atomic E-state index is 0.0996. The van der Waals surface area contributed by atoms with E-state index in [1.165, 1.54) is 41.8 Å². The van der Waals surface area contributed by atoms with E-state index in [1.807, 2.05) is 34.6 Å². The molecular formula is C49H56ClFN10O8. The Kier molecular flexibility index (Phi) is 17.0. The van der Waals surface area contributed by atoms with Crippen LogP contribution in [0.3, 0.4) is 0 Å². The van der Waals surface area contributed by atoms with Gasteiger partial charge >= 0.3 is 0 Å². The molecule has 0 fully saturated rings. The van der Waals surface area contributed by atoms with Crippen LogP contribution in [0.2, 0.25) is 5.15 Å². The number of rotatable bonds is 17. The summed E-state index contributed by atoms with van der Waals surface area (Å²) in [5.41, 5.74) is 0.943. The molecule has 0 saturated carbocycles. The fraction of sp³-hybridized carbons (Fsp3) is 0.347. The molecule has 0 aliphatic carbocycles. The molecule has 2 aromatic carbocycles. The summed E-state index contributed by atoms with van der Waals surface area (Å²) < 4.78 is 40.3. The number of nitrogens with one attached hydrogen (secondary N) is 2. The minimum atomic E-state index is -0.662. The van der Waals surface area contributed by atoms with Crippen molar-refractivity contribution in [3.05, 3.63) is 138 Å². The number of ether oxygens (including phenoxy) is 4. The van der Waals surface area contributed by atoms with Crippen LogP contribution in [0.4, 0.5) is 27.4 Å². The third kappa shape index (κ3) is 12.9. The number of hydrogen-bond acceptors (Lipinski definition) is 15. The average Bonchev–Trinajstić information content (AvgIpc) is 3.31. The fourth-order valence-corrected chi connectivity index (χ4v) is 7.23. The molecule has 18 nitrogen and oxygen atoms in total. The van der Waals surface area contributed by atoms with E-state index in [2.05, 4.69) is 35.9 Å². The molecule has 0 amide bonds. The van der Waals surface area contributed by atoms with Crippen molar-refractivity contribution in [1.29, 1.82) is 0 Å². The minimum Gasteiger partial charge on any atom is -0.492 e. The van der Waals surface area contributed by atoms with Gasteiger partial charge in [-0.3, -0.25) is 14.4 Å². The summed E-state index contributed by atoms with van der Waals surface area (Å²) in [7, 11) is 6.34. The number of methoxy groups -OCH3 is 2. The molecule has 0 unspecified atom stereocenters. The van der Waals surface area contributed by atoms with Gasteiger partial charge in [0, 0.05) is 62.7 Å². The Labute approximate surface area is 402 Å². The van der Waals surface area contributed by atoms with E-state index < -0.39 is 23.5 Å². The Morgan fingerprint density at radius 3 is 1.83 bits per heavy atom. The van der Waals surface area contributed by atoms with Crippen LogP contribution in [-0.4, -0.2) is 85.1 Å². The van der Waals surface area contributed by atoms with Crippen molar-refractivity contribution >= 4 is 45.4 Å². The second-order valence-electron chi connectivity index (χ2n) is 17.4. The van der Waals surface area contributed by atoms with Gasteiger partial charge < -0.3 is 34.7 Å². The van der Waals surface area contributed by atoms with E-state index in [1.54, 1.807) is 81.2 Å². The molecule has 0 aliphatic heterocycles. The maximum absolute atomic E-state index is 15.3. The number of halogens is 2. The summed E-state index contributed by atoms with van der Waals surface area (Å²) in [6, 6.07) is 18.1. The van der Waals surface area contributed by atoms with E-state index in [9.17, 15) is 19.5 Å². The number of benzene rings is 2. The summed E-state index contributed by atoms with van der Waals surface area (Å²) >= 11 is 5.85. The average molecular weight is 967 g/mol. The van der Waals surface area contributed by atoms with Crippen LogP contribution >= 0.6 is 11.6 Å². The molecule has 0 radical (unpaired) electrons. The molecule has 7 aromatic rings. The van der Waals surface area contributed by atoms with Gasteiger partial charge in [-0.1, -0.05) is 58.4 Å². The van der Waals surface area contributed by atoms with Crippen LogP contribution in [0.5, 0.6) is 11.5 Å². The van der Waals surface area contributed by atoms with Crippen molar-refractivity contribution in [2.24, 2.45) is 25.9 Å². The van der Waals surface area contributed by atoms with Crippen molar-refractivity contribution in [1.82, 2.24) is 39.3 Å². The largest absolute Gasteiger partial charge is 0.492 e. The van der Waals surface area contributed by atoms with E-state index in [-0.39, 0.29) is 38.8 Å². The molecule has 0 aliphatic rings. The number of aryl methyl sites for hydroxylation is 2. The van der Waals surface area contributed by atoms with Gasteiger partial charge in [0.2, 0.25) is 0 Å². The van der Waals surface area contributed by atoms with Crippen LogP contribution in [0.15, 0.2) is 99.7 Å². The number of aliphatic hydroxyl groups is 1. The lowest BCUT2D eigenvalue weighted by Gasteiger charge is -2.20. The van der Waals surface area contributed by atoms with Gasteiger partial charge in [0.25, 0.3) is 16.7 Å². The van der Waals surface area contributed by atoms with Crippen molar-refractivity contribution in [3.63, 3.8) is 0 Å². The number of pyridine rings is 2. The first-order valence-electron chi connectivity index (χ1n) is 21.9. The Morgan fingerprint density at radius 2 is 1.30 bits per heavy atom. The maximum Gasteiger partial charge on any atom is 0.290 e. The highest BCUT2D eigenvalue weighted by Gasteiger charge is 2.21. The lowest BCUT2D eigenvalue weighted by atomic mass is 9.86. The first-order valence-corrected chi connectivity index (χ1v) is 22.3. The number of hydrogen-bond donors (Lipinski definition) is 3. The van der Waals surface area contributed by atoms with Crippen LogP contribution in [0, 0.1) is 17.7 Å². The van der Waals surface area contributed by atoms with Gasteiger partial charge in [-0.25, -0.2) is 23.7 Å². The topological polar surface area (TPSA) is 212 Å². The monoisotopic (exact) mass is 966 g/mol. The molecular weight excluding hydrogens is 911 g/mol. The molecule has 0 spiro atoms. The van der Waals surface area contributed by atoms with Crippen LogP contribution in [-0.2, 0) is 35.6 Å². The summed E-state index contributed by atoms with van der Waals surface area (Å²) in [5.74, 6) is 2.01. The smallest absolute Gasteiger partial charge is 0.290 e. The highest BCUT2D eigenvalue weighted by molar-refractivity contribution is 6.29. The normalized spacial score (nSPS) is 12.2. The molecule has 69 heavy (non-hydrogen) atoms. The molecule has 20 heteroatoms. The first kappa shape index (κ1) is 51.3. The summed E-state index contributed by atoms with van der Waals surface area (Å²) in [4.78, 5) is 47.2. The second-order valence-corrected chi connectivity index (χ2v) is 17.8. The highest BCUT2D eigenvalue weighted by atomic mass is 35.5. The third-order valence-corrected chi connectivity index (χ3v) is 10.8. The molecule has 0 bridgehead atoms. The van der Waals surface area contributed by atoms with Crippen molar-refractivity contribution in [3.8, 4) is 28.4 Å². The molecule has 3 N–H and O–H groups in total. The Hall–Kier alpha value is -7.06. The van der Waals surface area contributed by atoms with Gasteiger partial charge in [-0.2, -0.15) is 20.0 Å². The SMILES string of the molecule is COC[C@H](C)COc1ccc(Nc2cc(-c3cccc(-n4ncc5cc(C(C)(C)C)cc(F)c5c4=O)c3CO)nn(C)c2=O)nc1.COC[C@H](C)COc1ccc(Nc2cc(Cl)nn(C)c2=O)nc1. The summed E-state index contributed by atoms with van der Waals surface area (Å²) in [6.07, 6.45) is 4.59. The van der Waals surface area contributed by atoms with Crippen LogP contribution in [0.25, 0.3) is 27.7 Å². The number of fused-ring (bicyclic) bond motifs is 1. The van der Waals surface area contributed by atoms with Gasteiger partial charge in [0.05, 0.1) is 68.4 Å². The summed E-state index contributed by atoms with van der Waals surface area (Å²) in [6.45, 7) is 11.7. The molecule has 0 saturated heterocycles. The molecule has 364 valence electrons. The second kappa shape index (κ2) is 22.8. The Morgan fingerprint density at radius 1 is 0.739 bits per heavy atom. The standard InChI is InChI=1S/C34H37FN6O5.C15H19ClN4O3/c1-20(18-45-6)19-46-23-10-11-30(36-16-23)38-28-14-27(39-40(5)32(28)43)24-8-7-9-29(25(24)17-42)41-33(44)31-21(15-37-41)12-22(13-26(31)35)34(2,3)4;1-10(8-22-3)9-23-11-4-5-14(17-7-11)18-12-6-13(16)19-20(2)15(12)21/h7-16,20,42H,17-19H2,1-6H3,(H,36,38);4-7,10H,8-9H2,1-3H3,(H,17,18)/t20-;10-/m00/s1. The van der Waals surface area contributed by atoms with Gasteiger partial charge in [0.1, 0.15) is 40.3 Å². The molecule has 5 heterocycles. The fourth-order valence-electron chi connectivity index (χ4n) is 7.01. The van der Waals surface area contributed by atoms with Crippen LogP contribution in [0.1, 0.15) is 45.7 Å². The number of aliphatic hydroxyl groups excluding tert-OH is 1. The van der Waals surface area contributed by atoms with E-state index in [0.29, 0.717) is 83.4 Å². The van der Waals surface area contributed by atoms with Gasteiger partial charge in [-0.15, -0.1) is 0 Å². The quantitative estimate of drug-likeness (QED) is 0.0830. The predicted molar refractivity (Wildman–Crippen MR) is 263 cm³/mol. The Balaban J connectivity index is 0.000000285. The Bertz CT molecular complexity index is 3070. The molecule has 5 aromatic heterocycles.